The molecule has 0 radical (unpaired) electrons. The Balaban J connectivity index is 0.000000502. The highest BCUT2D eigenvalue weighted by Crippen LogP contribution is 2.29. The van der Waals surface area contributed by atoms with Crippen molar-refractivity contribution in [2.75, 3.05) is 40.1 Å². The second kappa shape index (κ2) is 18.0. The third-order valence-corrected chi connectivity index (χ3v) is 4.76. The van der Waals surface area contributed by atoms with Crippen LogP contribution in [-0.2, 0) is 28.6 Å². The lowest BCUT2D eigenvalue weighted by molar-refractivity contribution is -0.162. The predicted octanol–water partition coefficient (Wildman–Crippen LogP) is 1.45. The molecule has 1 saturated carbocycles. The average molecular weight is 431 g/mol. The zero-order valence-corrected chi connectivity index (χ0v) is 18.7. The molecule has 0 aromatic carbocycles. The Bertz CT molecular complexity index is 486. The lowest BCUT2D eigenvalue weighted by Crippen LogP contribution is -2.29. The van der Waals surface area contributed by atoms with E-state index in [1.54, 1.807) is 21.0 Å². The molecule has 0 spiro atoms. The number of nitrogens with one attached hydrogen (secondary N) is 1. The summed E-state index contributed by atoms with van der Waals surface area (Å²) in [5.41, 5.74) is 0. The SMILES string of the molecule is CCN1C(=O)C=CC1=O.CCNCO.COCC1CCC(COC(C)OC=O)CC1. The molecule has 0 bridgehead atoms. The second-order valence-electron chi connectivity index (χ2n) is 6.99. The quantitative estimate of drug-likeness (QED) is 0.304. The molecule has 30 heavy (non-hydrogen) atoms. The smallest absolute Gasteiger partial charge is 0.295 e. The van der Waals surface area contributed by atoms with Crippen LogP contribution in [0.5, 0.6) is 0 Å². The summed E-state index contributed by atoms with van der Waals surface area (Å²) >= 11 is 0. The van der Waals surface area contributed by atoms with Crippen LogP contribution in [0, 0.1) is 11.8 Å². The van der Waals surface area contributed by atoms with Crippen LogP contribution in [0.15, 0.2) is 12.2 Å². The zero-order valence-electron chi connectivity index (χ0n) is 18.7. The van der Waals surface area contributed by atoms with Crippen molar-refractivity contribution in [1.82, 2.24) is 10.2 Å². The molecule has 1 fully saturated rings. The highest BCUT2D eigenvalue weighted by molar-refractivity contribution is 6.12. The van der Waals surface area contributed by atoms with Crippen LogP contribution in [0.4, 0.5) is 0 Å². The standard InChI is InChI=1S/C12H22O4.C6H7NO2.C3H9NO/c1-10(16-9-13)15-8-12-5-3-11(4-6-12)7-14-2;1-2-7-5(8)3-4-6(7)9;1-2-4-3-5/h9-12H,3-8H2,1-2H3;3-4H,2H2,1H3;4-5H,2-3H2,1H3. The summed E-state index contributed by atoms with van der Waals surface area (Å²) in [4.78, 5) is 32.5. The first-order valence-electron chi connectivity index (χ1n) is 10.5. The van der Waals surface area contributed by atoms with Gasteiger partial charge in [0.05, 0.1) is 13.3 Å². The van der Waals surface area contributed by atoms with E-state index in [4.69, 9.17) is 14.6 Å². The first kappa shape index (κ1) is 28.2. The number of carbonyl (C=O) groups is 3. The number of imide groups is 1. The monoisotopic (exact) mass is 430 g/mol. The van der Waals surface area contributed by atoms with Crippen LogP contribution in [0.1, 0.15) is 46.5 Å². The van der Waals surface area contributed by atoms with Crippen LogP contribution in [0.3, 0.4) is 0 Å². The van der Waals surface area contributed by atoms with Crippen LogP contribution in [-0.4, -0.2) is 74.7 Å². The van der Waals surface area contributed by atoms with Gasteiger partial charge in [0, 0.05) is 32.4 Å². The number of aliphatic hydroxyl groups is 1. The maximum Gasteiger partial charge on any atom is 0.295 e. The number of rotatable bonds is 10. The third-order valence-electron chi connectivity index (χ3n) is 4.76. The van der Waals surface area contributed by atoms with E-state index < -0.39 is 6.29 Å². The maximum atomic E-state index is 10.6. The van der Waals surface area contributed by atoms with Crippen LogP contribution in [0.25, 0.3) is 0 Å². The number of carbonyl (C=O) groups excluding carboxylic acids is 3. The average Bonchev–Trinajstić information content (AvgIpc) is 3.07. The summed E-state index contributed by atoms with van der Waals surface area (Å²) in [6.45, 7) is 8.84. The van der Waals surface area contributed by atoms with Crippen LogP contribution in [0.2, 0.25) is 0 Å². The van der Waals surface area contributed by atoms with Crippen molar-refractivity contribution < 1.29 is 33.7 Å². The van der Waals surface area contributed by atoms with Gasteiger partial charge >= 0.3 is 0 Å². The van der Waals surface area contributed by atoms with E-state index in [1.807, 2.05) is 6.92 Å². The number of hydrogen-bond donors (Lipinski definition) is 2. The summed E-state index contributed by atoms with van der Waals surface area (Å²) < 4.78 is 15.3. The van der Waals surface area contributed by atoms with Gasteiger partial charge in [-0.2, -0.15) is 0 Å². The largest absolute Gasteiger partial charge is 0.438 e. The van der Waals surface area contributed by atoms with Gasteiger partial charge in [0.2, 0.25) is 0 Å². The van der Waals surface area contributed by atoms with Crippen LogP contribution < -0.4 is 5.32 Å². The highest BCUT2D eigenvalue weighted by atomic mass is 16.7. The Morgan fingerprint density at radius 1 is 1.13 bits per heavy atom. The zero-order chi connectivity index (χ0) is 22.8. The third kappa shape index (κ3) is 12.7. The van der Waals surface area contributed by atoms with Crippen molar-refractivity contribution >= 4 is 18.3 Å². The van der Waals surface area contributed by atoms with Gasteiger partial charge in [-0.3, -0.25) is 24.6 Å². The van der Waals surface area contributed by atoms with Crippen molar-refractivity contribution in [2.45, 2.75) is 52.7 Å². The fourth-order valence-electron chi connectivity index (χ4n) is 3.04. The number of hydrogen-bond acceptors (Lipinski definition) is 8. The number of ether oxygens (including phenoxy) is 3. The predicted molar refractivity (Wildman–Crippen MR) is 112 cm³/mol. The molecule has 0 saturated heterocycles. The molecule has 2 amide bonds. The molecule has 1 aliphatic carbocycles. The molecule has 1 unspecified atom stereocenters. The minimum atomic E-state index is -0.422. The van der Waals surface area contributed by atoms with E-state index in [-0.39, 0.29) is 18.5 Å². The van der Waals surface area contributed by atoms with Gasteiger partial charge in [-0.1, -0.05) is 6.92 Å². The summed E-state index contributed by atoms with van der Waals surface area (Å²) in [6.07, 6.45) is 6.94. The molecule has 1 heterocycles. The molecule has 174 valence electrons. The lowest BCUT2D eigenvalue weighted by Gasteiger charge is -2.28. The summed E-state index contributed by atoms with van der Waals surface area (Å²) in [5.74, 6) is 0.903. The van der Waals surface area contributed by atoms with E-state index >= 15 is 0 Å². The molecule has 2 N–H and O–H groups in total. The Morgan fingerprint density at radius 3 is 2.00 bits per heavy atom. The lowest BCUT2D eigenvalue weighted by atomic mass is 9.83. The maximum absolute atomic E-state index is 10.6. The van der Waals surface area contributed by atoms with E-state index in [0.717, 1.165) is 13.2 Å². The number of aliphatic hydroxyl groups excluding tert-OH is 1. The molecule has 0 aromatic rings. The molecule has 2 rings (SSSR count). The van der Waals surface area contributed by atoms with Gasteiger partial charge < -0.3 is 19.3 Å². The molecule has 2 aliphatic rings. The topological polar surface area (TPSA) is 114 Å². The van der Waals surface area contributed by atoms with Gasteiger partial charge in [-0.15, -0.1) is 0 Å². The molecule has 9 nitrogen and oxygen atoms in total. The number of methoxy groups -OCH3 is 1. The Morgan fingerprint density at radius 2 is 1.67 bits per heavy atom. The van der Waals surface area contributed by atoms with Crippen molar-refractivity contribution in [3.05, 3.63) is 12.2 Å². The van der Waals surface area contributed by atoms with Crippen molar-refractivity contribution in [1.29, 1.82) is 0 Å². The molecule has 1 aliphatic heterocycles. The Kier molecular flexibility index (Phi) is 16.9. The highest BCUT2D eigenvalue weighted by Gasteiger charge is 2.22. The van der Waals surface area contributed by atoms with Gasteiger partial charge in [0.1, 0.15) is 0 Å². The first-order valence-corrected chi connectivity index (χ1v) is 10.5. The van der Waals surface area contributed by atoms with Gasteiger partial charge in [-0.05, 0) is 57.9 Å². The van der Waals surface area contributed by atoms with E-state index in [9.17, 15) is 14.4 Å². The van der Waals surface area contributed by atoms with Gasteiger partial charge in [-0.25, -0.2) is 0 Å². The summed E-state index contributed by atoms with van der Waals surface area (Å²) in [5, 5.41) is 10.6. The molecular weight excluding hydrogens is 392 g/mol. The number of likely N-dealkylation sites (N-methyl/N-ethyl adjacent to an activating group) is 1. The fraction of sp³-hybridized carbons (Fsp3) is 0.762. The minimum Gasteiger partial charge on any atom is -0.438 e. The van der Waals surface area contributed by atoms with Crippen molar-refractivity contribution in [3.63, 3.8) is 0 Å². The Labute approximate surface area is 179 Å². The van der Waals surface area contributed by atoms with Crippen LogP contribution >= 0.6 is 0 Å². The molecule has 9 heteroatoms. The minimum absolute atomic E-state index is 0.0938. The van der Waals surface area contributed by atoms with Crippen molar-refractivity contribution in [3.8, 4) is 0 Å². The fourth-order valence-corrected chi connectivity index (χ4v) is 3.04. The first-order chi connectivity index (χ1) is 14.4. The van der Waals surface area contributed by atoms with E-state index in [0.29, 0.717) is 31.5 Å². The van der Waals surface area contributed by atoms with E-state index in [1.165, 1.54) is 42.7 Å². The van der Waals surface area contributed by atoms with Gasteiger partial charge in [0.15, 0.2) is 6.29 Å². The molecule has 0 aromatic heterocycles. The molecular formula is C21H38N2O7. The normalized spacial score (nSPS) is 21.3. The number of amides is 2. The van der Waals surface area contributed by atoms with Crippen molar-refractivity contribution in [2.24, 2.45) is 11.8 Å². The molecule has 1 atom stereocenters. The summed E-state index contributed by atoms with van der Waals surface area (Å²) in [6, 6.07) is 0. The summed E-state index contributed by atoms with van der Waals surface area (Å²) in [7, 11) is 1.76. The Hall–Kier alpha value is -1.81. The van der Waals surface area contributed by atoms with E-state index in [2.05, 4.69) is 10.1 Å². The second-order valence-corrected chi connectivity index (χ2v) is 6.99. The number of nitrogens with zero attached hydrogens (tertiary/aromatic N) is 1. The van der Waals surface area contributed by atoms with Gasteiger partial charge in [0.25, 0.3) is 18.3 Å².